The van der Waals surface area contributed by atoms with Gasteiger partial charge in [0.2, 0.25) is 5.95 Å². The van der Waals surface area contributed by atoms with Crippen molar-refractivity contribution in [3.8, 4) is 0 Å². The molecule has 1 heterocycles. The van der Waals surface area contributed by atoms with E-state index in [2.05, 4.69) is 18.8 Å². The second kappa shape index (κ2) is 5.15. The Bertz CT molecular complexity index is 588. The summed E-state index contributed by atoms with van der Waals surface area (Å²) >= 11 is 0. The summed E-state index contributed by atoms with van der Waals surface area (Å²) in [6.45, 7) is 6.13. The van der Waals surface area contributed by atoms with Crippen LogP contribution in [0.2, 0.25) is 0 Å². The first kappa shape index (κ1) is 13.8. The summed E-state index contributed by atoms with van der Waals surface area (Å²) in [6.07, 6.45) is 1.90. The topological polar surface area (TPSA) is 43.8 Å². The van der Waals surface area contributed by atoms with Gasteiger partial charge in [-0.25, -0.2) is 13.8 Å². The van der Waals surface area contributed by atoms with Gasteiger partial charge in [-0.05, 0) is 25.0 Å². The molecule has 0 spiro atoms. The fourth-order valence-corrected chi connectivity index (χ4v) is 2.73. The highest BCUT2D eigenvalue weighted by molar-refractivity contribution is 5.79. The van der Waals surface area contributed by atoms with E-state index in [1.54, 1.807) is 4.57 Å². The van der Waals surface area contributed by atoms with Crippen molar-refractivity contribution >= 4 is 17.0 Å². The van der Waals surface area contributed by atoms with Crippen molar-refractivity contribution in [2.24, 2.45) is 5.92 Å². The number of benzene rings is 1. The van der Waals surface area contributed by atoms with Crippen LogP contribution in [0.1, 0.15) is 39.7 Å². The van der Waals surface area contributed by atoms with Crippen molar-refractivity contribution < 1.29 is 8.78 Å². The number of nitrogen functional groups attached to an aromatic ring is 1. The number of nitrogens with two attached hydrogens (primary N) is 1. The first-order valence-corrected chi connectivity index (χ1v) is 6.62. The third kappa shape index (κ3) is 2.17. The Morgan fingerprint density at radius 2 is 1.89 bits per heavy atom. The van der Waals surface area contributed by atoms with Gasteiger partial charge < -0.3 is 10.3 Å². The van der Waals surface area contributed by atoms with Gasteiger partial charge in [0, 0.05) is 6.04 Å². The zero-order valence-corrected chi connectivity index (χ0v) is 11.5. The molecule has 0 saturated carbocycles. The van der Waals surface area contributed by atoms with E-state index in [1.807, 2.05) is 6.92 Å². The van der Waals surface area contributed by atoms with Crippen molar-refractivity contribution in [2.45, 2.75) is 39.7 Å². The van der Waals surface area contributed by atoms with Crippen molar-refractivity contribution in [3.05, 3.63) is 23.8 Å². The normalized spacial score (nSPS) is 13.4. The fraction of sp³-hybridized carbons (Fsp3) is 0.500. The number of nitrogens with zero attached hydrogens (tertiary/aromatic N) is 2. The molecular weight excluding hydrogens is 248 g/mol. The van der Waals surface area contributed by atoms with Crippen LogP contribution in [0.25, 0.3) is 11.0 Å². The van der Waals surface area contributed by atoms with Gasteiger partial charge in [-0.2, -0.15) is 0 Å². The van der Waals surface area contributed by atoms with E-state index in [1.165, 1.54) is 6.07 Å². The van der Waals surface area contributed by atoms with E-state index in [-0.39, 0.29) is 17.5 Å². The molecule has 0 saturated heterocycles. The predicted octanol–water partition coefficient (Wildman–Crippen LogP) is 3.89. The van der Waals surface area contributed by atoms with Crippen LogP contribution in [0.4, 0.5) is 14.7 Å². The highest BCUT2D eigenvalue weighted by Crippen LogP contribution is 2.32. The molecular formula is C14H19F2N3. The standard InChI is InChI=1S/C14H19F2N3/c1-4-9(5-2)8(3)19-13-11(18-14(19)17)7-6-10(15)12(13)16/h6-9H,4-5H2,1-3H3,(H2,17,18). The zero-order chi connectivity index (χ0) is 14.2. The van der Waals surface area contributed by atoms with Crippen LogP contribution in [0.3, 0.4) is 0 Å². The molecule has 2 rings (SSSR count). The SMILES string of the molecule is CCC(CC)C(C)n1c(N)nc2ccc(F)c(F)c21. The summed E-state index contributed by atoms with van der Waals surface area (Å²) in [4.78, 5) is 4.12. The van der Waals surface area contributed by atoms with Crippen LogP contribution in [0.5, 0.6) is 0 Å². The van der Waals surface area contributed by atoms with E-state index in [4.69, 9.17) is 5.73 Å². The lowest BCUT2D eigenvalue weighted by Crippen LogP contribution is -2.18. The number of aromatic nitrogens is 2. The number of halogens is 2. The summed E-state index contributed by atoms with van der Waals surface area (Å²) < 4.78 is 29.0. The Morgan fingerprint density at radius 3 is 2.47 bits per heavy atom. The minimum Gasteiger partial charge on any atom is -0.369 e. The monoisotopic (exact) mass is 267 g/mol. The van der Waals surface area contributed by atoms with Gasteiger partial charge in [-0.1, -0.05) is 26.7 Å². The minimum atomic E-state index is -0.875. The van der Waals surface area contributed by atoms with Crippen LogP contribution >= 0.6 is 0 Å². The lowest BCUT2D eigenvalue weighted by atomic mass is 9.95. The molecule has 3 nitrogen and oxygen atoms in total. The molecule has 0 amide bonds. The molecule has 104 valence electrons. The van der Waals surface area contributed by atoms with E-state index in [0.29, 0.717) is 11.4 Å². The molecule has 0 aliphatic rings. The first-order chi connectivity index (χ1) is 9.01. The molecule has 2 aromatic rings. The third-order valence-corrected chi connectivity index (χ3v) is 3.91. The van der Waals surface area contributed by atoms with E-state index < -0.39 is 11.6 Å². The number of rotatable bonds is 4. The molecule has 5 heteroatoms. The zero-order valence-electron chi connectivity index (χ0n) is 11.5. The summed E-state index contributed by atoms with van der Waals surface area (Å²) in [7, 11) is 0. The van der Waals surface area contributed by atoms with Gasteiger partial charge in [0.05, 0.1) is 5.52 Å². The average molecular weight is 267 g/mol. The van der Waals surface area contributed by atoms with Crippen LogP contribution in [-0.2, 0) is 0 Å². The van der Waals surface area contributed by atoms with Crippen molar-refractivity contribution in [1.82, 2.24) is 9.55 Å². The molecule has 0 aliphatic heterocycles. The number of anilines is 1. The number of hydrogen-bond donors (Lipinski definition) is 1. The van der Waals surface area contributed by atoms with Gasteiger partial charge in [0.1, 0.15) is 5.52 Å². The van der Waals surface area contributed by atoms with Gasteiger partial charge >= 0.3 is 0 Å². The lowest BCUT2D eigenvalue weighted by Gasteiger charge is -2.24. The molecule has 0 fully saturated rings. The maximum absolute atomic E-state index is 14.0. The smallest absolute Gasteiger partial charge is 0.201 e. The minimum absolute atomic E-state index is 0.0173. The van der Waals surface area contributed by atoms with Crippen LogP contribution in [-0.4, -0.2) is 9.55 Å². The summed E-state index contributed by atoms with van der Waals surface area (Å²) in [5.41, 5.74) is 6.44. The molecule has 0 bridgehead atoms. The molecule has 1 unspecified atom stereocenters. The third-order valence-electron chi connectivity index (χ3n) is 3.91. The Hall–Kier alpha value is -1.65. The van der Waals surface area contributed by atoms with Gasteiger partial charge in [0.25, 0.3) is 0 Å². The highest BCUT2D eigenvalue weighted by Gasteiger charge is 2.23. The molecule has 2 N–H and O–H groups in total. The lowest BCUT2D eigenvalue weighted by molar-refractivity contribution is 0.340. The second-order valence-corrected chi connectivity index (χ2v) is 4.89. The van der Waals surface area contributed by atoms with Crippen LogP contribution < -0.4 is 5.73 Å². The van der Waals surface area contributed by atoms with E-state index in [9.17, 15) is 8.78 Å². The van der Waals surface area contributed by atoms with Crippen molar-refractivity contribution in [3.63, 3.8) is 0 Å². The number of imidazole rings is 1. The van der Waals surface area contributed by atoms with Crippen LogP contribution in [0.15, 0.2) is 12.1 Å². The van der Waals surface area contributed by atoms with Gasteiger partial charge in [-0.15, -0.1) is 0 Å². The largest absolute Gasteiger partial charge is 0.369 e. The van der Waals surface area contributed by atoms with Crippen molar-refractivity contribution in [2.75, 3.05) is 5.73 Å². The first-order valence-electron chi connectivity index (χ1n) is 6.62. The summed E-state index contributed by atoms with van der Waals surface area (Å²) in [6, 6.07) is 2.52. The Morgan fingerprint density at radius 1 is 1.26 bits per heavy atom. The van der Waals surface area contributed by atoms with Crippen molar-refractivity contribution in [1.29, 1.82) is 0 Å². The molecule has 0 aliphatic carbocycles. The quantitative estimate of drug-likeness (QED) is 0.913. The fourth-order valence-electron chi connectivity index (χ4n) is 2.73. The second-order valence-electron chi connectivity index (χ2n) is 4.89. The number of fused-ring (bicyclic) bond motifs is 1. The van der Waals surface area contributed by atoms with E-state index in [0.717, 1.165) is 18.9 Å². The highest BCUT2D eigenvalue weighted by atomic mass is 19.2. The molecule has 1 aromatic carbocycles. The van der Waals surface area contributed by atoms with Crippen LogP contribution in [0, 0.1) is 17.6 Å². The summed E-state index contributed by atoms with van der Waals surface area (Å²) in [5.74, 6) is -1.16. The number of hydrogen-bond acceptors (Lipinski definition) is 2. The average Bonchev–Trinajstić information content (AvgIpc) is 2.72. The Balaban J connectivity index is 2.65. The van der Waals surface area contributed by atoms with E-state index >= 15 is 0 Å². The maximum atomic E-state index is 14.0. The van der Waals surface area contributed by atoms with Gasteiger partial charge in [0.15, 0.2) is 11.6 Å². The molecule has 0 radical (unpaired) electrons. The Kier molecular flexibility index (Phi) is 3.73. The molecule has 19 heavy (non-hydrogen) atoms. The predicted molar refractivity (Wildman–Crippen MR) is 72.8 cm³/mol. The summed E-state index contributed by atoms with van der Waals surface area (Å²) in [5, 5.41) is 0. The van der Waals surface area contributed by atoms with Gasteiger partial charge in [-0.3, -0.25) is 0 Å². The molecule has 1 aromatic heterocycles. The Labute approximate surface area is 111 Å². The molecule has 1 atom stereocenters. The maximum Gasteiger partial charge on any atom is 0.201 e.